The van der Waals surface area contributed by atoms with Gasteiger partial charge in [0.05, 0.1) is 11.6 Å². The second-order valence-corrected chi connectivity index (χ2v) is 4.68. The summed E-state index contributed by atoms with van der Waals surface area (Å²) in [5, 5.41) is 8.68. The number of unbranched alkanes of at least 4 members (excludes halogenated alkanes) is 1. The van der Waals surface area contributed by atoms with Crippen molar-refractivity contribution in [3.8, 4) is 6.07 Å². The van der Waals surface area contributed by atoms with Crippen LogP contribution >= 0.6 is 0 Å². The minimum absolute atomic E-state index is 0.0278. The molecule has 1 aliphatic rings. The van der Waals surface area contributed by atoms with Crippen LogP contribution in [0, 0.1) is 23.0 Å². The first-order chi connectivity index (χ1) is 8.67. The van der Waals surface area contributed by atoms with E-state index in [1.165, 1.54) is 0 Å². The summed E-state index contributed by atoms with van der Waals surface area (Å²) >= 11 is 0. The average molecular weight is 250 g/mol. The highest BCUT2D eigenvalue weighted by molar-refractivity contribution is 5.54. The first kappa shape index (κ1) is 12.8. The third kappa shape index (κ3) is 2.61. The Morgan fingerprint density at radius 3 is 2.39 bits per heavy atom. The van der Waals surface area contributed by atoms with Crippen molar-refractivity contribution in [2.75, 3.05) is 11.4 Å². The lowest BCUT2D eigenvalue weighted by atomic mass is 10.1. The predicted octanol–water partition coefficient (Wildman–Crippen LogP) is 3.61. The van der Waals surface area contributed by atoms with Gasteiger partial charge in [-0.25, -0.2) is 8.78 Å². The van der Waals surface area contributed by atoms with E-state index in [0.717, 1.165) is 37.8 Å². The molecule has 1 aromatic rings. The minimum Gasteiger partial charge on any atom is -0.364 e. The molecule has 0 aliphatic heterocycles. The van der Waals surface area contributed by atoms with Gasteiger partial charge in [-0.15, -0.1) is 0 Å². The van der Waals surface area contributed by atoms with Crippen molar-refractivity contribution in [3.05, 3.63) is 29.3 Å². The lowest BCUT2D eigenvalue weighted by molar-refractivity contribution is 0.563. The molecule has 0 bridgehead atoms. The molecule has 1 fully saturated rings. The fourth-order valence-electron chi connectivity index (χ4n) is 2.10. The van der Waals surface area contributed by atoms with Gasteiger partial charge in [0.25, 0.3) is 0 Å². The molecule has 2 rings (SSSR count). The number of hydrogen-bond acceptors (Lipinski definition) is 2. The van der Waals surface area contributed by atoms with Crippen LogP contribution in [0.1, 0.15) is 38.2 Å². The van der Waals surface area contributed by atoms with Crippen molar-refractivity contribution < 1.29 is 8.78 Å². The highest BCUT2D eigenvalue weighted by Crippen LogP contribution is 2.35. The van der Waals surface area contributed by atoms with Gasteiger partial charge in [0.2, 0.25) is 0 Å². The topological polar surface area (TPSA) is 27.0 Å². The van der Waals surface area contributed by atoms with Crippen LogP contribution in [0.25, 0.3) is 0 Å². The first-order valence-electron chi connectivity index (χ1n) is 6.33. The zero-order chi connectivity index (χ0) is 13.1. The van der Waals surface area contributed by atoms with Gasteiger partial charge in [-0.2, -0.15) is 5.26 Å². The minimum atomic E-state index is -0.630. The third-order valence-electron chi connectivity index (χ3n) is 3.17. The van der Waals surface area contributed by atoms with Crippen LogP contribution in [0.2, 0.25) is 0 Å². The fraction of sp³-hybridized carbons (Fsp3) is 0.500. The van der Waals surface area contributed by atoms with Crippen molar-refractivity contribution in [1.82, 2.24) is 0 Å². The molecule has 0 amide bonds. The number of halogens is 2. The van der Waals surface area contributed by atoms with E-state index in [4.69, 9.17) is 5.26 Å². The smallest absolute Gasteiger partial charge is 0.150 e. The molecule has 0 aromatic heterocycles. The van der Waals surface area contributed by atoms with E-state index >= 15 is 0 Å². The maximum atomic E-state index is 13.9. The van der Waals surface area contributed by atoms with Crippen LogP contribution < -0.4 is 4.90 Å². The molecule has 0 heterocycles. The Labute approximate surface area is 106 Å². The molecule has 1 aliphatic carbocycles. The van der Waals surface area contributed by atoms with Crippen LogP contribution in [0.15, 0.2) is 12.1 Å². The normalized spacial score (nSPS) is 14.3. The second kappa shape index (κ2) is 5.34. The fourth-order valence-corrected chi connectivity index (χ4v) is 2.10. The summed E-state index contributed by atoms with van der Waals surface area (Å²) in [6.45, 7) is 2.72. The van der Waals surface area contributed by atoms with E-state index in [-0.39, 0.29) is 17.3 Å². The first-order valence-corrected chi connectivity index (χ1v) is 6.33. The molecular weight excluding hydrogens is 234 g/mol. The van der Waals surface area contributed by atoms with Crippen LogP contribution in [0.5, 0.6) is 0 Å². The van der Waals surface area contributed by atoms with Gasteiger partial charge in [-0.05, 0) is 31.4 Å². The van der Waals surface area contributed by atoms with E-state index in [1.54, 1.807) is 6.07 Å². The van der Waals surface area contributed by atoms with E-state index in [1.807, 2.05) is 4.90 Å². The Morgan fingerprint density at radius 2 is 1.94 bits per heavy atom. The Morgan fingerprint density at radius 1 is 1.33 bits per heavy atom. The summed E-state index contributed by atoms with van der Waals surface area (Å²) in [5.41, 5.74) is 0.0601. The van der Waals surface area contributed by atoms with E-state index in [9.17, 15) is 8.78 Å². The second-order valence-electron chi connectivity index (χ2n) is 4.68. The number of benzene rings is 1. The lowest BCUT2D eigenvalue weighted by Crippen LogP contribution is -2.28. The molecule has 1 aromatic carbocycles. The van der Waals surface area contributed by atoms with Gasteiger partial charge in [-0.3, -0.25) is 0 Å². The number of rotatable bonds is 5. The third-order valence-corrected chi connectivity index (χ3v) is 3.17. The quantitative estimate of drug-likeness (QED) is 0.798. The van der Waals surface area contributed by atoms with Crippen LogP contribution in [-0.2, 0) is 0 Å². The molecule has 0 unspecified atom stereocenters. The van der Waals surface area contributed by atoms with E-state index in [2.05, 4.69) is 6.92 Å². The maximum Gasteiger partial charge on any atom is 0.150 e. The number of nitrogens with zero attached hydrogens (tertiary/aromatic N) is 2. The van der Waals surface area contributed by atoms with Gasteiger partial charge in [0.1, 0.15) is 5.69 Å². The maximum absolute atomic E-state index is 13.9. The number of hydrogen-bond donors (Lipinski definition) is 0. The summed E-state index contributed by atoms with van der Waals surface area (Å²) in [5.74, 6) is -1.26. The SMILES string of the molecule is CCCCN(c1c(F)cc(C#N)cc1F)C1CC1. The average Bonchev–Trinajstić information content (AvgIpc) is 3.16. The predicted molar refractivity (Wildman–Crippen MR) is 66.3 cm³/mol. The standard InChI is InChI=1S/C14H16F2N2/c1-2-3-6-18(11-4-5-11)14-12(15)7-10(9-17)8-13(14)16/h7-8,11H,2-6H2,1H3. The molecule has 0 N–H and O–H groups in total. The largest absolute Gasteiger partial charge is 0.364 e. The molecule has 1 saturated carbocycles. The summed E-state index contributed by atoms with van der Waals surface area (Å²) in [6.07, 6.45) is 3.88. The molecule has 0 spiro atoms. The number of anilines is 1. The van der Waals surface area contributed by atoms with Crippen molar-refractivity contribution in [2.24, 2.45) is 0 Å². The summed E-state index contributed by atoms with van der Waals surface area (Å²) in [6, 6.07) is 4.24. The summed E-state index contributed by atoms with van der Waals surface area (Å²) in [7, 11) is 0. The van der Waals surface area contributed by atoms with E-state index < -0.39 is 11.6 Å². The zero-order valence-corrected chi connectivity index (χ0v) is 10.4. The molecule has 96 valence electrons. The molecule has 4 heteroatoms. The van der Waals surface area contributed by atoms with Gasteiger partial charge in [0.15, 0.2) is 11.6 Å². The Kier molecular flexibility index (Phi) is 3.81. The Bertz CT molecular complexity index is 452. The van der Waals surface area contributed by atoms with Crippen LogP contribution in [-0.4, -0.2) is 12.6 Å². The highest BCUT2D eigenvalue weighted by Gasteiger charge is 2.32. The van der Waals surface area contributed by atoms with Crippen LogP contribution in [0.3, 0.4) is 0 Å². The Hall–Kier alpha value is -1.63. The molecular formula is C14H16F2N2. The van der Waals surface area contributed by atoms with Crippen molar-refractivity contribution in [2.45, 2.75) is 38.6 Å². The van der Waals surface area contributed by atoms with E-state index in [0.29, 0.717) is 6.54 Å². The summed E-state index contributed by atoms with van der Waals surface area (Å²) in [4.78, 5) is 1.81. The molecule has 18 heavy (non-hydrogen) atoms. The highest BCUT2D eigenvalue weighted by atomic mass is 19.1. The van der Waals surface area contributed by atoms with Gasteiger partial charge < -0.3 is 4.90 Å². The van der Waals surface area contributed by atoms with Gasteiger partial charge in [0, 0.05) is 12.6 Å². The van der Waals surface area contributed by atoms with Gasteiger partial charge >= 0.3 is 0 Å². The lowest BCUT2D eigenvalue weighted by Gasteiger charge is -2.25. The van der Waals surface area contributed by atoms with Crippen molar-refractivity contribution in [1.29, 1.82) is 5.26 Å². The molecule has 2 nitrogen and oxygen atoms in total. The zero-order valence-electron chi connectivity index (χ0n) is 10.4. The molecule has 0 atom stereocenters. The monoisotopic (exact) mass is 250 g/mol. The molecule has 0 radical (unpaired) electrons. The number of nitriles is 1. The van der Waals surface area contributed by atoms with Crippen molar-refractivity contribution in [3.63, 3.8) is 0 Å². The Balaban J connectivity index is 2.32. The summed E-state index contributed by atoms with van der Waals surface area (Å²) < 4.78 is 27.9. The van der Waals surface area contributed by atoms with Crippen LogP contribution in [0.4, 0.5) is 14.5 Å². The van der Waals surface area contributed by atoms with Crippen molar-refractivity contribution >= 4 is 5.69 Å². The van der Waals surface area contributed by atoms with Gasteiger partial charge in [-0.1, -0.05) is 13.3 Å². The molecule has 0 saturated heterocycles.